The fraction of sp³-hybridized carbons (Fsp3) is 0.286. The highest BCUT2D eigenvalue weighted by Gasteiger charge is 2.08. The van der Waals surface area contributed by atoms with E-state index in [-0.39, 0.29) is 5.91 Å². The summed E-state index contributed by atoms with van der Waals surface area (Å²) in [5, 5.41) is 5.89. The molecule has 2 rings (SSSR count). The van der Waals surface area contributed by atoms with Crippen LogP contribution in [-0.4, -0.2) is 24.5 Å². The van der Waals surface area contributed by atoms with E-state index < -0.39 is 0 Å². The minimum absolute atomic E-state index is 0.0670. The molecule has 2 heterocycles. The number of amides is 1. The van der Waals surface area contributed by atoms with Crippen LogP contribution in [0.4, 0.5) is 5.82 Å². The molecule has 0 aliphatic rings. The van der Waals surface area contributed by atoms with Gasteiger partial charge >= 0.3 is 0 Å². The molecule has 0 fully saturated rings. The molecule has 20 heavy (non-hydrogen) atoms. The maximum absolute atomic E-state index is 12.1. The summed E-state index contributed by atoms with van der Waals surface area (Å²) in [6, 6.07) is 7.63. The Morgan fingerprint density at radius 1 is 1.40 bits per heavy atom. The van der Waals surface area contributed by atoms with Gasteiger partial charge in [-0.05, 0) is 53.5 Å². The van der Waals surface area contributed by atoms with E-state index in [0.717, 1.165) is 15.9 Å². The third-order valence-corrected chi connectivity index (χ3v) is 4.44. The number of rotatable bonds is 5. The molecule has 0 unspecified atom stereocenters. The van der Waals surface area contributed by atoms with E-state index in [1.807, 2.05) is 13.0 Å². The molecule has 2 aromatic heterocycles. The van der Waals surface area contributed by atoms with Gasteiger partial charge in [0.05, 0.1) is 3.79 Å². The Morgan fingerprint density at radius 3 is 2.85 bits per heavy atom. The van der Waals surface area contributed by atoms with Crippen LogP contribution in [0.3, 0.4) is 0 Å². The predicted molar refractivity (Wildman–Crippen MR) is 86.6 cm³/mol. The van der Waals surface area contributed by atoms with Gasteiger partial charge in [-0.25, -0.2) is 4.98 Å². The van der Waals surface area contributed by atoms with Crippen molar-refractivity contribution in [3.8, 4) is 0 Å². The van der Waals surface area contributed by atoms with Crippen molar-refractivity contribution in [1.82, 2.24) is 10.3 Å². The lowest BCUT2D eigenvalue weighted by Gasteiger charge is -2.07. The predicted octanol–water partition coefficient (Wildman–Crippen LogP) is 3.23. The molecule has 1 amide bonds. The molecule has 2 aromatic rings. The first-order valence-electron chi connectivity index (χ1n) is 6.27. The average molecular weight is 354 g/mol. The molecule has 0 saturated heterocycles. The smallest absolute Gasteiger partial charge is 0.251 e. The number of anilines is 1. The number of nitrogens with one attached hydrogen (secondary N) is 2. The molecular formula is C14H16BrN3OS. The largest absolute Gasteiger partial charge is 0.373 e. The zero-order chi connectivity index (χ0) is 14.5. The Kier molecular flexibility index (Phi) is 5.14. The number of carbonyl (C=O) groups is 1. The Bertz CT molecular complexity index is 612. The lowest BCUT2D eigenvalue weighted by atomic mass is 10.2. The summed E-state index contributed by atoms with van der Waals surface area (Å²) in [7, 11) is 1.79. The first-order valence-corrected chi connectivity index (χ1v) is 7.88. The van der Waals surface area contributed by atoms with E-state index in [9.17, 15) is 4.79 Å². The summed E-state index contributed by atoms with van der Waals surface area (Å²) in [6.45, 7) is 2.50. The summed E-state index contributed by atoms with van der Waals surface area (Å²) in [5.74, 6) is 0.639. The number of aromatic nitrogens is 1. The van der Waals surface area contributed by atoms with Crippen molar-refractivity contribution in [2.45, 2.75) is 13.3 Å². The molecule has 0 saturated carbocycles. The van der Waals surface area contributed by atoms with Crippen molar-refractivity contribution in [2.75, 3.05) is 18.9 Å². The monoisotopic (exact) mass is 353 g/mol. The van der Waals surface area contributed by atoms with Gasteiger partial charge in [-0.3, -0.25) is 4.79 Å². The number of pyridine rings is 1. The van der Waals surface area contributed by atoms with Crippen LogP contribution in [0.5, 0.6) is 0 Å². The van der Waals surface area contributed by atoms with Crippen molar-refractivity contribution in [1.29, 1.82) is 0 Å². The second kappa shape index (κ2) is 6.85. The molecule has 6 heteroatoms. The summed E-state index contributed by atoms with van der Waals surface area (Å²) in [6.07, 6.45) is 0.838. The third-order valence-electron chi connectivity index (χ3n) is 2.76. The number of thiophene rings is 1. The maximum atomic E-state index is 12.1. The van der Waals surface area contributed by atoms with E-state index in [4.69, 9.17) is 0 Å². The standard InChI is InChI=1S/C14H16BrN3OS/c1-9-7-10(8-13(16-2)18-9)14(19)17-6-5-11-3-4-12(15)20-11/h3-4,7-8H,5-6H2,1-2H3,(H,16,18)(H,17,19). The summed E-state index contributed by atoms with van der Waals surface area (Å²) in [4.78, 5) is 17.6. The molecule has 4 nitrogen and oxygen atoms in total. The third kappa shape index (κ3) is 4.05. The minimum Gasteiger partial charge on any atom is -0.373 e. The van der Waals surface area contributed by atoms with Gasteiger partial charge < -0.3 is 10.6 Å². The Labute approximate surface area is 130 Å². The topological polar surface area (TPSA) is 54.0 Å². The number of aryl methyl sites for hydroxylation is 1. The Hall–Kier alpha value is -1.40. The first kappa shape index (κ1) is 15.0. The number of hydrogen-bond donors (Lipinski definition) is 2. The SMILES string of the molecule is CNc1cc(C(=O)NCCc2ccc(Br)s2)cc(C)n1. The lowest BCUT2D eigenvalue weighted by molar-refractivity contribution is 0.0954. The molecule has 106 valence electrons. The number of carbonyl (C=O) groups excluding carboxylic acids is 1. The van der Waals surface area contributed by atoms with Crippen molar-refractivity contribution >= 4 is 39.0 Å². The number of hydrogen-bond acceptors (Lipinski definition) is 4. The second-order valence-corrected chi connectivity index (χ2v) is 6.89. The van der Waals surface area contributed by atoms with Gasteiger partial charge in [0.25, 0.3) is 5.91 Å². The number of nitrogens with zero attached hydrogens (tertiary/aromatic N) is 1. The van der Waals surface area contributed by atoms with Crippen molar-refractivity contribution < 1.29 is 4.79 Å². The van der Waals surface area contributed by atoms with Crippen molar-refractivity contribution in [3.05, 3.63) is 44.2 Å². The van der Waals surface area contributed by atoms with E-state index in [0.29, 0.717) is 17.9 Å². The average Bonchev–Trinajstić information content (AvgIpc) is 2.83. The Morgan fingerprint density at radius 2 is 2.20 bits per heavy atom. The minimum atomic E-state index is -0.0670. The normalized spacial score (nSPS) is 10.3. The molecule has 0 atom stereocenters. The van der Waals surface area contributed by atoms with Crippen LogP contribution >= 0.6 is 27.3 Å². The summed E-state index contributed by atoms with van der Waals surface area (Å²) >= 11 is 5.12. The molecule has 0 spiro atoms. The van der Waals surface area contributed by atoms with E-state index in [1.165, 1.54) is 4.88 Å². The van der Waals surface area contributed by atoms with Crippen molar-refractivity contribution in [2.24, 2.45) is 0 Å². The quantitative estimate of drug-likeness (QED) is 0.867. The van der Waals surface area contributed by atoms with Crippen LogP contribution in [0.2, 0.25) is 0 Å². The maximum Gasteiger partial charge on any atom is 0.251 e. The van der Waals surface area contributed by atoms with Crippen LogP contribution in [0.25, 0.3) is 0 Å². The van der Waals surface area contributed by atoms with Crippen LogP contribution in [0, 0.1) is 6.92 Å². The highest BCUT2D eigenvalue weighted by molar-refractivity contribution is 9.11. The van der Waals surface area contributed by atoms with Gasteiger partial charge in [0.1, 0.15) is 5.82 Å². The zero-order valence-corrected chi connectivity index (χ0v) is 13.8. The van der Waals surface area contributed by atoms with Gasteiger partial charge in [-0.1, -0.05) is 0 Å². The fourth-order valence-electron chi connectivity index (χ4n) is 1.82. The molecular weight excluding hydrogens is 338 g/mol. The molecule has 2 N–H and O–H groups in total. The molecule has 0 radical (unpaired) electrons. The summed E-state index contributed by atoms with van der Waals surface area (Å²) < 4.78 is 1.11. The van der Waals surface area contributed by atoms with Gasteiger partial charge in [0.15, 0.2) is 0 Å². The molecule has 0 bridgehead atoms. The highest BCUT2D eigenvalue weighted by Crippen LogP contribution is 2.22. The molecule has 0 aromatic carbocycles. The first-order chi connectivity index (χ1) is 9.58. The highest BCUT2D eigenvalue weighted by atomic mass is 79.9. The van der Waals surface area contributed by atoms with Crippen LogP contribution in [-0.2, 0) is 6.42 Å². The Balaban J connectivity index is 1.93. The summed E-state index contributed by atoms with van der Waals surface area (Å²) in [5.41, 5.74) is 1.46. The van der Waals surface area contributed by atoms with Crippen molar-refractivity contribution in [3.63, 3.8) is 0 Å². The van der Waals surface area contributed by atoms with Gasteiger partial charge in [-0.2, -0.15) is 0 Å². The lowest BCUT2D eigenvalue weighted by Crippen LogP contribution is -2.25. The zero-order valence-electron chi connectivity index (χ0n) is 11.4. The van der Waals surface area contributed by atoms with E-state index in [2.05, 4.69) is 37.6 Å². The molecule has 0 aliphatic heterocycles. The van der Waals surface area contributed by atoms with Gasteiger partial charge in [0.2, 0.25) is 0 Å². The molecule has 0 aliphatic carbocycles. The van der Waals surface area contributed by atoms with Crippen LogP contribution in [0.15, 0.2) is 28.1 Å². The van der Waals surface area contributed by atoms with E-state index >= 15 is 0 Å². The second-order valence-electron chi connectivity index (χ2n) is 4.34. The van der Waals surface area contributed by atoms with Crippen LogP contribution in [0.1, 0.15) is 20.9 Å². The van der Waals surface area contributed by atoms with Gasteiger partial charge in [0, 0.05) is 29.7 Å². The fourth-order valence-corrected chi connectivity index (χ4v) is 3.30. The van der Waals surface area contributed by atoms with E-state index in [1.54, 1.807) is 30.5 Å². The number of halogens is 1. The van der Waals surface area contributed by atoms with Gasteiger partial charge in [-0.15, -0.1) is 11.3 Å². The van der Waals surface area contributed by atoms with Crippen LogP contribution < -0.4 is 10.6 Å².